The summed E-state index contributed by atoms with van der Waals surface area (Å²) in [6.45, 7) is 2.58. The summed E-state index contributed by atoms with van der Waals surface area (Å²) in [5, 5.41) is 17.4. The Labute approximate surface area is 154 Å². The lowest BCUT2D eigenvalue weighted by molar-refractivity contribution is -0.384. The smallest absolute Gasteiger partial charge is 0.269 e. The van der Waals surface area contributed by atoms with Gasteiger partial charge in [-0.3, -0.25) is 15.5 Å². The largest absolute Gasteiger partial charge is 0.494 e. The van der Waals surface area contributed by atoms with Crippen LogP contribution in [0.1, 0.15) is 12.5 Å². The van der Waals surface area contributed by atoms with E-state index in [4.69, 9.17) is 4.74 Å². The van der Waals surface area contributed by atoms with Gasteiger partial charge in [-0.2, -0.15) is 5.10 Å². The number of thiazole rings is 1. The molecule has 0 saturated heterocycles. The molecule has 1 N–H and O–H groups in total. The number of rotatable bonds is 7. The molecule has 0 aliphatic rings. The van der Waals surface area contributed by atoms with Gasteiger partial charge in [0.25, 0.3) is 5.69 Å². The molecule has 0 saturated carbocycles. The summed E-state index contributed by atoms with van der Waals surface area (Å²) in [4.78, 5) is 14.7. The second-order valence-corrected chi connectivity index (χ2v) is 6.07. The molecule has 0 aliphatic carbocycles. The second-order valence-electron chi connectivity index (χ2n) is 5.21. The molecule has 3 aromatic rings. The number of nitro groups is 1. The van der Waals surface area contributed by atoms with Crippen molar-refractivity contribution >= 4 is 28.4 Å². The van der Waals surface area contributed by atoms with Crippen LogP contribution in [0, 0.1) is 10.1 Å². The maximum absolute atomic E-state index is 10.7. The van der Waals surface area contributed by atoms with Gasteiger partial charge < -0.3 is 4.74 Å². The fourth-order valence-corrected chi connectivity index (χ4v) is 2.86. The fraction of sp³-hybridized carbons (Fsp3) is 0.111. The Morgan fingerprint density at radius 2 is 1.96 bits per heavy atom. The Balaban J connectivity index is 1.62. The van der Waals surface area contributed by atoms with Gasteiger partial charge in [0.2, 0.25) is 5.13 Å². The van der Waals surface area contributed by atoms with Gasteiger partial charge in [0, 0.05) is 23.1 Å². The summed E-state index contributed by atoms with van der Waals surface area (Å²) in [6.07, 6.45) is 1.70. The number of hydrazone groups is 1. The minimum absolute atomic E-state index is 0.0577. The third-order valence-corrected chi connectivity index (χ3v) is 4.19. The molecule has 2 aromatic carbocycles. The molecule has 0 unspecified atom stereocenters. The molecule has 8 heteroatoms. The van der Waals surface area contributed by atoms with Crippen molar-refractivity contribution in [2.45, 2.75) is 6.92 Å². The van der Waals surface area contributed by atoms with Crippen LogP contribution in [-0.4, -0.2) is 22.7 Å². The molecule has 0 fully saturated rings. The zero-order valence-electron chi connectivity index (χ0n) is 14.0. The quantitative estimate of drug-likeness (QED) is 0.375. The van der Waals surface area contributed by atoms with E-state index in [1.165, 1.54) is 23.5 Å². The van der Waals surface area contributed by atoms with E-state index in [0.29, 0.717) is 11.7 Å². The SMILES string of the molecule is CCOc1ccc(/C=N/Nc2nc(-c3ccc([N+](=O)[O-])cc3)cs2)cc1. The van der Waals surface area contributed by atoms with Crippen LogP contribution in [0.2, 0.25) is 0 Å². The predicted molar refractivity (Wildman–Crippen MR) is 103 cm³/mol. The number of aromatic nitrogens is 1. The third kappa shape index (κ3) is 4.42. The van der Waals surface area contributed by atoms with Gasteiger partial charge in [-0.05, 0) is 48.9 Å². The lowest BCUT2D eigenvalue weighted by Gasteiger charge is -2.02. The summed E-state index contributed by atoms with van der Waals surface area (Å²) in [6, 6.07) is 13.9. The van der Waals surface area contributed by atoms with E-state index in [1.54, 1.807) is 18.3 Å². The molecule has 132 valence electrons. The lowest BCUT2D eigenvalue weighted by Crippen LogP contribution is -1.92. The van der Waals surface area contributed by atoms with E-state index >= 15 is 0 Å². The maximum atomic E-state index is 10.7. The van der Waals surface area contributed by atoms with Crippen LogP contribution in [0.4, 0.5) is 10.8 Å². The highest BCUT2D eigenvalue weighted by molar-refractivity contribution is 7.14. The van der Waals surface area contributed by atoms with Crippen molar-refractivity contribution < 1.29 is 9.66 Å². The topological polar surface area (TPSA) is 89.7 Å². The van der Waals surface area contributed by atoms with Gasteiger partial charge in [0.15, 0.2) is 0 Å². The molecule has 1 heterocycles. The van der Waals surface area contributed by atoms with E-state index in [0.717, 1.165) is 22.6 Å². The third-order valence-electron chi connectivity index (χ3n) is 3.44. The highest BCUT2D eigenvalue weighted by Gasteiger charge is 2.07. The normalized spacial score (nSPS) is 10.8. The Morgan fingerprint density at radius 3 is 2.62 bits per heavy atom. The molecular formula is C18H16N4O3S. The monoisotopic (exact) mass is 368 g/mol. The fourth-order valence-electron chi connectivity index (χ4n) is 2.19. The Morgan fingerprint density at radius 1 is 1.23 bits per heavy atom. The highest BCUT2D eigenvalue weighted by Crippen LogP contribution is 2.26. The molecule has 1 aromatic heterocycles. The Bertz CT molecular complexity index is 905. The number of hydrogen-bond donors (Lipinski definition) is 1. The molecule has 0 radical (unpaired) electrons. The van der Waals surface area contributed by atoms with Crippen molar-refractivity contribution in [3.05, 3.63) is 69.6 Å². The van der Waals surface area contributed by atoms with Crippen LogP contribution in [0.25, 0.3) is 11.3 Å². The zero-order valence-corrected chi connectivity index (χ0v) is 14.8. The predicted octanol–water partition coefficient (Wildman–Crippen LogP) is 4.56. The van der Waals surface area contributed by atoms with Crippen LogP contribution in [0.15, 0.2) is 59.0 Å². The molecule has 0 aliphatic heterocycles. The number of nitro benzene ring substituents is 1. The number of benzene rings is 2. The van der Waals surface area contributed by atoms with Crippen LogP contribution in [0.3, 0.4) is 0 Å². The summed E-state index contributed by atoms with van der Waals surface area (Å²) in [5.41, 5.74) is 5.44. The molecule has 26 heavy (non-hydrogen) atoms. The van der Waals surface area contributed by atoms with E-state index in [9.17, 15) is 10.1 Å². The molecule has 7 nitrogen and oxygen atoms in total. The average molecular weight is 368 g/mol. The van der Waals surface area contributed by atoms with Gasteiger partial charge in [0.1, 0.15) is 5.75 Å². The number of hydrogen-bond acceptors (Lipinski definition) is 7. The van der Waals surface area contributed by atoms with Crippen molar-refractivity contribution in [1.29, 1.82) is 0 Å². The number of ether oxygens (including phenoxy) is 1. The summed E-state index contributed by atoms with van der Waals surface area (Å²) >= 11 is 1.41. The van der Waals surface area contributed by atoms with E-state index in [1.807, 2.05) is 36.6 Å². The van der Waals surface area contributed by atoms with Crippen molar-refractivity contribution in [2.24, 2.45) is 5.10 Å². The zero-order chi connectivity index (χ0) is 18.4. The molecular weight excluding hydrogens is 352 g/mol. The standard InChI is InChI=1S/C18H16N4O3S/c1-2-25-16-9-3-13(4-10-16)11-19-21-18-20-17(12-26-18)14-5-7-15(8-6-14)22(23)24/h3-12H,2H2,1H3,(H,20,21)/b19-11+. The van der Waals surface area contributed by atoms with E-state index in [-0.39, 0.29) is 5.69 Å². The van der Waals surface area contributed by atoms with Gasteiger partial charge in [0.05, 0.1) is 23.4 Å². The van der Waals surface area contributed by atoms with Crippen LogP contribution in [0.5, 0.6) is 5.75 Å². The first kappa shape index (κ1) is 17.6. The number of nitrogens with one attached hydrogen (secondary N) is 1. The second kappa shape index (κ2) is 8.21. The van der Waals surface area contributed by atoms with Gasteiger partial charge in [-0.25, -0.2) is 4.98 Å². The number of anilines is 1. The van der Waals surface area contributed by atoms with E-state index < -0.39 is 4.92 Å². The maximum Gasteiger partial charge on any atom is 0.269 e. The minimum Gasteiger partial charge on any atom is -0.494 e. The van der Waals surface area contributed by atoms with E-state index in [2.05, 4.69) is 15.5 Å². The molecule has 0 spiro atoms. The van der Waals surface area contributed by atoms with Gasteiger partial charge in [-0.1, -0.05) is 0 Å². The first-order chi connectivity index (χ1) is 12.7. The lowest BCUT2D eigenvalue weighted by atomic mass is 10.1. The van der Waals surface area contributed by atoms with Crippen LogP contribution in [-0.2, 0) is 0 Å². The van der Waals surface area contributed by atoms with Crippen LogP contribution < -0.4 is 10.2 Å². The summed E-state index contributed by atoms with van der Waals surface area (Å²) in [7, 11) is 0. The first-order valence-electron chi connectivity index (χ1n) is 7.88. The minimum atomic E-state index is -0.423. The Kier molecular flexibility index (Phi) is 5.55. The summed E-state index contributed by atoms with van der Waals surface area (Å²) in [5.74, 6) is 0.824. The highest BCUT2D eigenvalue weighted by atomic mass is 32.1. The molecule has 0 atom stereocenters. The Hall–Kier alpha value is -3.26. The number of non-ortho nitro benzene ring substituents is 1. The first-order valence-corrected chi connectivity index (χ1v) is 8.76. The van der Waals surface area contributed by atoms with Crippen LogP contribution >= 0.6 is 11.3 Å². The van der Waals surface area contributed by atoms with Crippen molar-refractivity contribution in [3.63, 3.8) is 0 Å². The molecule has 0 amide bonds. The van der Waals surface area contributed by atoms with Crippen molar-refractivity contribution in [3.8, 4) is 17.0 Å². The average Bonchev–Trinajstić information content (AvgIpc) is 3.12. The van der Waals surface area contributed by atoms with Gasteiger partial charge in [-0.15, -0.1) is 11.3 Å². The number of nitrogens with zero attached hydrogens (tertiary/aromatic N) is 3. The van der Waals surface area contributed by atoms with Crippen molar-refractivity contribution in [1.82, 2.24) is 4.98 Å². The van der Waals surface area contributed by atoms with Gasteiger partial charge >= 0.3 is 0 Å². The van der Waals surface area contributed by atoms with Crippen molar-refractivity contribution in [2.75, 3.05) is 12.0 Å². The molecule has 0 bridgehead atoms. The summed E-state index contributed by atoms with van der Waals surface area (Å²) < 4.78 is 5.39. The molecule has 3 rings (SSSR count).